The van der Waals surface area contributed by atoms with E-state index in [1.807, 2.05) is 13.0 Å². The molecule has 0 saturated carbocycles. The lowest BCUT2D eigenvalue weighted by Gasteiger charge is -1.72. The summed E-state index contributed by atoms with van der Waals surface area (Å²) >= 11 is 0. The summed E-state index contributed by atoms with van der Waals surface area (Å²) in [6.07, 6.45) is 0. The predicted octanol–water partition coefficient (Wildman–Crippen LogP) is 0.144. The minimum atomic E-state index is 0.919. The van der Waals surface area contributed by atoms with Crippen LogP contribution in [0.2, 0.25) is 0 Å². The van der Waals surface area contributed by atoms with Gasteiger partial charge in [0.15, 0.2) is 0 Å². The Kier molecular flexibility index (Phi) is 0.975. The van der Waals surface area contributed by atoms with Crippen molar-refractivity contribution < 1.29 is 0 Å². The van der Waals surface area contributed by atoms with Crippen LogP contribution < -0.4 is 10.6 Å². The molecule has 0 spiro atoms. The molecule has 1 heteroatoms. The number of aromatic amines is 1. The van der Waals surface area contributed by atoms with Crippen LogP contribution in [0.4, 0.5) is 0 Å². The Labute approximate surface area is 48.4 Å². The molecule has 0 amide bonds. The summed E-state index contributed by atoms with van der Waals surface area (Å²) in [4.78, 5) is 3.03. The van der Waals surface area contributed by atoms with Gasteiger partial charge in [0.1, 0.15) is 0 Å². The standard InChI is InChI=1S/C7H9N/c1-5-4-6(2)8-7(5)3/h4,8H,1,3H2,2H3. The highest BCUT2D eigenvalue weighted by Gasteiger charge is 1.82. The molecule has 1 heterocycles. The van der Waals surface area contributed by atoms with Crippen molar-refractivity contribution in [3.63, 3.8) is 0 Å². The van der Waals surface area contributed by atoms with Crippen LogP contribution in [0, 0.1) is 6.92 Å². The SMILES string of the molecule is C=c1cc(C)[nH]c1=C. The van der Waals surface area contributed by atoms with Crippen LogP contribution in [-0.4, -0.2) is 4.98 Å². The zero-order valence-corrected chi connectivity index (χ0v) is 4.99. The van der Waals surface area contributed by atoms with Crippen molar-refractivity contribution in [3.05, 3.63) is 22.3 Å². The molecular weight excluding hydrogens is 98.1 g/mol. The van der Waals surface area contributed by atoms with Gasteiger partial charge in [-0.3, -0.25) is 0 Å². The molecule has 0 radical (unpaired) electrons. The molecule has 0 aliphatic heterocycles. The van der Waals surface area contributed by atoms with Crippen LogP contribution in [0.5, 0.6) is 0 Å². The smallest absolute Gasteiger partial charge is 0.0376 e. The third kappa shape index (κ3) is 0.668. The van der Waals surface area contributed by atoms with Crippen LogP contribution in [0.3, 0.4) is 0 Å². The van der Waals surface area contributed by atoms with E-state index in [1.54, 1.807) is 0 Å². The average molecular weight is 107 g/mol. The van der Waals surface area contributed by atoms with E-state index in [0.717, 1.165) is 16.3 Å². The van der Waals surface area contributed by atoms with Crippen molar-refractivity contribution in [3.8, 4) is 0 Å². The Morgan fingerprint density at radius 1 is 1.50 bits per heavy atom. The van der Waals surface area contributed by atoms with E-state index < -0.39 is 0 Å². The van der Waals surface area contributed by atoms with Crippen LogP contribution in [0.1, 0.15) is 5.69 Å². The second-order valence-corrected chi connectivity index (χ2v) is 1.96. The fourth-order valence-electron chi connectivity index (χ4n) is 0.703. The highest BCUT2D eigenvalue weighted by atomic mass is 14.7. The molecule has 42 valence electrons. The molecule has 1 rings (SSSR count). The van der Waals surface area contributed by atoms with Gasteiger partial charge in [0.25, 0.3) is 0 Å². The quantitative estimate of drug-likeness (QED) is 0.485. The summed E-state index contributed by atoms with van der Waals surface area (Å²) in [6.45, 7) is 9.46. The summed E-state index contributed by atoms with van der Waals surface area (Å²) in [5, 5.41) is 1.91. The van der Waals surface area contributed by atoms with Crippen molar-refractivity contribution >= 4 is 13.2 Å². The van der Waals surface area contributed by atoms with E-state index in [2.05, 4.69) is 18.1 Å². The molecule has 0 aliphatic rings. The molecule has 0 aliphatic carbocycles. The Bertz CT molecular complexity index is 242. The van der Waals surface area contributed by atoms with Gasteiger partial charge in [-0.25, -0.2) is 0 Å². The van der Waals surface area contributed by atoms with E-state index in [1.165, 1.54) is 0 Å². The van der Waals surface area contributed by atoms with Crippen molar-refractivity contribution in [2.75, 3.05) is 0 Å². The van der Waals surface area contributed by atoms with Gasteiger partial charge in [-0.15, -0.1) is 0 Å². The largest absolute Gasteiger partial charge is 0.359 e. The highest BCUT2D eigenvalue weighted by molar-refractivity contribution is 5.14. The number of nitrogens with one attached hydrogen (secondary N) is 1. The maximum atomic E-state index is 3.75. The van der Waals surface area contributed by atoms with Gasteiger partial charge in [0.2, 0.25) is 0 Å². The summed E-state index contributed by atoms with van der Waals surface area (Å²) < 4.78 is 0. The monoisotopic (exact) mass is 107 g/mol. The zero-order valence-electron chi connectivity index (χ0n) is 4.99. The fraction of sp³-hybridized carbons (Fsp3) is 0.143. The van der Waals surface area contributed by atoms with Crippen LogP contribution in [0.25, 0.3) is 13.2 Å². The van der Waals surface area contributed by atoms with Crippen LogP contribution in [0.15, 0.2) is 6.07 Å². The molecule has 0 bridgehead atoms. The molecule has 0 atom stereocenters. The average Bonchev–Trinajstić information content (AvgIpc) is 1.85. The summed E-state index contributed by atoms with van der Waals surface area (Å²) in [5.41, 5.74) is 1.12. The lowest BCUT2D eigenvalue weighted by molar-refractivity contribution is 1.22. The highest BCUT2D eigenvalue weighted by Crippen LogP contribution is 1.75. The van der Waals surface area contributed by atoms with Crippen molar-refractivity contribution in [1.29, 1.82) is 0 Å². The fourth-order valence-corrected chi connectivity index (χ4v) is 0.703. The normalized spacial score (nSPS) is 9.62. The van der Waals surface area contributed by atoms with Crippen LogP contribution >= 0.6 is 0 Å². The molecule has 0 aromatic carbocycles. The van der Waals surface area contributed by atoms with Gasteiger partial charge in [-0.2, -0.15) is 0 Å². The Morgan fingerprint density at radius 3 is 2.25 bits per heavy atom. The molecule has 0 fully saturated rings. The van der Waals surface area contributed by atoms with E-state index in [0.29, 0.717) is 0 Å². The van der Waals surface area contributed by atoms with E-state index in [4.69, 9.17) is 0 Å². The molecule has 1 aromatic rings. The topological polar surface area (TPSA) is 15.8 Å². The van der Waals surface area contributed by atoms with Gasteiger partial charge in [0, 0.05) is 11.0 Å². The summed E-state index contributed by atoms with van der Waals surface area (Å²) in [6, 6.07) is 1.97. The molecule has 0 unspecified atom stereocenters. The number of hydrogen-bond acceptors (Lipinski definition) is 0. The molecule has 1 nitrogen and oxygen atoms in total. The molecule has 1 aromatic heterocycles. The first-order chi connectivity index (χ1) is 3.70. The third-order valence-electron chi connectivity index (χ3n) is 1.13. The van der Waals surface area contributed by atoms with E-state index in [9.17, 15) is 0 Å². The number of rotatable bonds is 0. The van der Waals surface area contributed by atoms with Gasteiger partial charge in [-0.1, -0.05) is 13.2 Å². The van der Waals surface area contributed by atoms with Gasteiger partial charge in [-0.05, 0) is 18.2 Å². The van der Waals surface area contributed by atoms with Gasteiger partial charge >= 0.3 is 0 Å². The lowest BCUT2D eigenvalue weighted by atomic mass is 10.4. The maximum Gasteiger partial charge on any atom is 0.0376 e. The van der Waals surface area contributed by atoms with Gasteiger partial charge < -0.3 is 4.98 Å². The number of aromatic nitrogens is 1. The number of hydrogen-bond donors (Lipinski definition) is 1. The minimum Gasteiger partial charge on any atom is -0.359 e. The van der Waals surface area contributed by atoms with Crippen LogP contribution in [-0.2, 0) is 0 Å². The van der Waals surface area contributed by atoms with E-state index >= 15 is 0 Å². The minimum absolute atomic E-state index is 0.919. The lowest BCUT2D eigenvalue weighted by Crippen LogP contribution is -2.17. The second-order valence-electron chi connectivity index (χ2n) is 1.96. The Morgan fingerprint density at radius 2 is 2.12 bits per heavy atom. The molecule has 0 saturated heterocycles. The van der Waals surface area contributed by atoms with Crippen molar-refractivity contribution in [2.24, 2.45) is 0 Å². The van der Waals surface area contributed by atoms with Crippen molar-refractivity contribution in [2.45, 2.75) is 6.92 Å². The second kappa shape index (κ2) is 1.51. The van der Waals surface area contributed by atoms with E-state index in [-0.39, 0.29) is 0 Å². The van der Waals surface area contributed by atoms with Gasteiger partial charge in [0.05, 0.1) is 0 Å². The third-order valence-corrected chi connectivity index (χ3v) is 1.13. The Hall–Kier alpha value is -0.980. The zero-order chi connectivity index (χ0) is 6.15. The molecule has 1 N–H and O–H groups in total. The maximum absolute atomic E-state index is 3.75. The Balaban J connectivity index is 3.59. The predicted molar refractivity (Wildman–Crippen MR) is 35.8 cm³/mol. The first-order valence-electron chi connectivity index (χ1n) is 2.53. The summed E-state index contributed by atoms with van der Waals surface area (Å²) in [5.74, 6) is 0. The number of aryl methyl sites for hydroxylation is 1. The molecular formula is C7H9N. The number of H-pyrrole nitrogens is 1. The van der Waals surface area contributed by atoms with Crippen molar-refractivity contribution in [1.82, 2.24) is 4.98 Å². The molecule has 8 heavy (non-hydrogen) atoms. The first-order valence-corrected chi connectivity index (χ1v) is 2.53. The first kappa shape index (κ1) is 5.16. The summed E-state index contributed by atoms with van der Waals surface area (Å²) in [7, 11) is 0.